The van der Waals surface area contributed by atoms with Gasteiger partial charge >= 0.3 is 0 Å². The highest BCUT2D eigenvalue weighted by Gasteiger charge is 2.38. The van der Waals surface area contributed by atoms with Crippen LogP contribution in [0.2, 0.25) is 18.1 Å². The van der Waals surface area contributed by atoms with Crippen molar-refractivity contribution in [1.29, 1.82) is 0 Å². The van der Waals surface area contributed by atoms with Gasteiger partial charge in [0.25, 0.3) is 0 Å². The van der Waals surface area contributed by atoms with Crippen molar-refractivity contribution in [1.82, 2.24) is 0 Å². The minimum atomic E-state index is -1.71. The molecule has 1 atom stereocenters. The molecule has 1 unspecified atom stereocenters. The zero-order valence-corrected chi connectivity index (χ0v) is 16.3. The zero-order valence-electron chi connectivity index (χ0n) is 15.3. The Morgan fingerprint density at radius 2 is 1.78 bits per heavy atom. The van der Waals surface area contributed by atoms with Gasteiger partial charge in [-0.15, -0.1) is 0 Å². The molecule has 1 aliphatic rings. The van der Waals surface area contributed by atoms with Gasteiger partial charge in [-0.3, -0.25) is 0 Å². The van der Waals surface area contributed by atoms with Crippen LogP contribution in [0.4, 0.5) is 0 Å². The van der Waals surface area contributed by atoms with Crippen molar-refractivity contribution in [2.24, 2.45) is 5.92 Å². The van der Waals surface area contributed by atoms with Crippen LogP contribution in [0.15, 0.2) is 42.7 Å². The van der Waals surface area contributed by atoms with Crippen molar-refractivity contribution in [2.75, 3.05) is 7.11 Å². The highest BCUT2D eigenvalue weighted by molar-refractivity contribution is 6.74. The van der Waals surface area contributed by atoms with Crippen LogP contribution < -0.4 is 4.74 Å². The first kappa shape index (κ1) is 17.9. The molecule has 0 saturated heterocycles. The Hall–Kier alpha value is -1.48. The fraction of sp³-hybridized carbons (Fsp3) is 0.500. The largest absolute Gasteiger partial charge is 0.549 e. The summed E-state index contributed by atoms with van der Waals surface area (Å²) in [5.41, 5.74) is 2.69. The first-order valence-electron chi connectivity index (χ1n) is 8.43. The Morgan fingerprint density at radius 3 is 2.35 bits per heavy atom. The van der Waals surface area contributed by atoms with Crippen molar-refractivity contribution in [3.8, 4) is 5.75 Å². The molecular formula is C20H30O2Si. The van der Waals surface area contributed by atoms with E-state index in [4.69, 9.17) is 9.16 Å². The normalized spacial score (nSPS) is 19.0. The van der Waals surface area contributed by atoms with Gasteiger partial charge in [0.05, 0.1) is 13.4 Å². The summed E-state index contributed by atoms with van der Waals surface area (Å²) in [7, 11) is -0.0114. The van der Waals surface area contributed by atoms with Gasteiger partial charge in [0.15, 0.2) is 0 Å². The number of methoxy groups -OCH3 is 1. The van der Waals surface area contributed by atoms with Gasteiger partial charge in [0.1, 0.15) is 5.75 Å². The molecule has 1 aromatic rings. The fourth-order valence-corrected chi connectivity index (χ4v) is 3.29. The molecule has 0 bridgehead atoms. The molecule has 0 aromatic heterocycles. The molecule has 2 nitrogen and oxygen atoms in total. The van der Waals surface area contributed by atoms with Gasteiger partial charge in [0, 0.05) is 5.92 Å². The Bertz CT molecular complexity index is 577. The number of allylic oxidation sites excluding steroid dienone is 3. The van der Waals surface area contributed by atoms with Crippen LogP contribution in [-0.2, 0) is 4.43 Å². The molecule has 126 valence electrons. The van der Waals surface area contributed by atoms with E-state index in [-0.39, 0.29) is 5.04 Å². The number of hydrogen-bond donors (Lipinski definition) is 0. The van der Waals surface area contributed by atoms with Gasteiger partial charge in [-0.1, -0.05) is 39.0 Å². The van der Waals surface area contributed by atoms with Crippen molar-refractivity contribution >= 4 is 13.9 Å². The molecule has 0 N–H and O–H groups in total. The maximum Gasteiger partial charge on any atom is 0.249 e. The lowest BCUT2D eigenvalue weighted by Gasteiger charge is -2.35. The van der Waals surface area contributed by atoms with Crippen LogP contribution in [0.3, 0.4) is 0 Å². The van der Waals surface area contributed by atoms with E-state index in [1.54, 1.807) is 7.11 Å². The summed E-state index contributed by atoms with van der Waals surface area (Å²) >= 11 is 0. The Labute approximate surface area is 142 Å². The van der Waals surface area contributed by atoms with E-state index < -0.39 is 8.32 Å². The van der Waals surface area contributed by atoms with E-state index in [2.05, 4.69) is 58.2 Å². The summed E-state index contributed by atoms with van der Waals surface area (Å²) in [5, 5.41) is 0.238. The lowest BCUT2D eigenvalue weighted by atomic mass is 9.95. The molecule has 0 heterocycles. The summed E-state index contributed by atoms with van der Waals surface area (Å²) in [4.78, 5) is 0. The topological polar surface area (TPSA) is 18.5 Å². The smallest absolute Gasteiger partial charge is 0.249 e. The Balaban J connectivity index is 2.05. The maximum atomic E-state index is 6.19. The molecule has 0 aliphatic heterocycles. The number of ether oxygens (including phenoxy) is 1. The molecular weight excluding hydrogens is 300 g/mol. The molecule has 0 spiro atoms. The van der Waals surface area contributed by atoms with Crippen LogP contribution in [0.25, 0.3) is 5.57 Å². The van der Waals surface area contributed by atoms with Crippen LogP contribution in [0, 0.1) is 5.92 Å². The SMILES string of the molecule is COc1ccc(C2=CCCC2/C=C/O[Si](C)(C)C(C)(C)C)cc1. The van der Waals surface area contributed by atoms with Gasteiger partial charge in [0.2, 0.25) is 8.32 Å². The summed E-state index contributed by atoms with van der Waals surface area (Å²) in [6.45, 7) is 11.4. The quantitative estimate of drug-likeness (QED) is 0.485. The standard InChI is InChI=1S/C20H30O2Si/c1-20(2,3)23(5,6)22-15-14-16-8-7-9-19(16)17-10-12-18(21-4)13-11-17/h9-16H,7-8H2,1-6H3/b15-14+. The second-order valence-electron chi connectivity index (χ2n) is 7.78. The molecule has 0 fully saturated rings. The van der Waals surface area contributed by atoms with E-state index >= 15 is 0 Å². The third kappa shape index (κ3) is 4.29. The zero-order chi connectivity index (χ0) is 17.1. The minimum absolute atomic E-state index is 0.238. The molecule has 23 heavy (non-hydrogen) atoms. The molecule has 1 aliphatic carbocycles. The van der Waals surface area contributed by atoms with Crippen LogP contribution in [0.5, 0.6) is 5.75 Å². The summed E-state index contributed by atoms with van der Waals surface area (Å²) in [6.07, 6.45) is 8.85. The molecule has 0 radical (unpaired) electrons. The van der Waals surface area contributed by atoms with E-state index in [9.17, 15) is 0 Å². The van der Waals surface area contributed by atoms with E-state index in [0.717, 1.165) is 12.2 Å². The maximum absolute atomic E-state index is 6.19. The lowest BCUT2D eigenvalue weighted by molar-refractivity contribution is 0.414. The number of benzene rings is 1. The van der Waals surface area contributed by atoms with Crippen molar-refractivity contribution in [3.63, 3.8) is 0 Å². The predicted octanol–water partition coefficient (Wildman–Crippen LogP) is 6.02. The molecule has 0 amide bonds. The Kier molecular flexibility index (Phi) is 5.40. The molecule has 2 rings (SSSR count). The summed E-state index contributed by atoms with van der Waals surface area (Å²) in [6, 6.07) is 8.35. The van der Waals surface area contributed by atoms with Gasteiger partial charge in [-0.25, -0.2) is 0 Å². The average Bonchev–Trinajstić information content (AvgIpc) is 2.94. The summed E-state index contributed by atoms with van der Waals surface area (Å²) in [5.74, 6) is 1.36. The van der Waals surface area contributed by atoms with Crippen molar-refractivity contribution < 1.29 is 9.16 Å². The van der Waals surface area contributed by atoms with Crippen LogP contribution >= 0.6 is 0 Å². The van der Waals surface area contributed by atoms with Gasteiger partial charge in [-0.2, -0.15) is 0 Å². The van der Waals surface area contributed by atoms with E-state index in [0.29, 0.717) is 5.92 Å². The van der Waals surface area contributed by atoms with Gasteiger partial charge < -0.3 is 9.16 Å². The first-order chi connectivity index (χ1) is 10.7. The second kappa shape index (κ2) is 6.96. The first-order valence-corrected chi connectivity index (χ1v) is 11.3. The van der Waals surface area contributed by atoms with E-state index in [1.165, 1.54) is 17.6 Å². The summed E-state index contributed by atoms with van der Waals surface area (Å²) < 4.78 is 11.4. The average molecular weight is 331 g/mol. The van der Waals surface area contributed by atoms with E-state index in [1.807, 2.05) is 18.4 Å². The third-order valence-corrected chi connectivity index (χ3v) is 9.48. The third-order valence-electron chi connectivity index (χ3n) is 5.14. The van der Waals surface area contributed by atoms with Gasteiger partial charge in [-0.05, 0) is 60.3 Å². The molecule has 3 heteroatoms. The number of rotatable bonds is 5. The molecule has 0 saturated carbocycles. The monoisotopic (exact) mass is 330 g/mol. The number of hydrogen-bond acceptors (Lipinski definition) is 2. The van der Waals surface area contributed by atoms with Crippen LogP contribution in [-0.4, -0.2) is 15.4 Å². The lowest BCUT2D eigenvalue weighted by Crippen LogP contribution is -2.39. The van der Waals surface area contributed by atoms with Crippen molar-refractivity contribution in [2.45, 2.75) is 51.7 Å². The second-order valence-corrected chi connectivity index (χ2v) is 12.5. The highest BCUT2D eigenvalue weighted by Crippen LogP contribution is 2.38. The fourth-order valence-electron chi connectivity index (χ4n) is 2.52. The Morgan fingerprint density at radius 1 is 1.13 bits per heavy atom. The predicted molar refractivity (Wildman–Crippen MR) is 101 cm³/mol. The van der Waals surface area contributed by atoms with Crippen LogP contribution in [0.1, 0.15) is 39.2 Å². The molecule has 1 aromatic carbocycles. The highest BCUT2D eigenvalue weighted by atomic mass is 28.4. The van der Waals surface area contributed by atoms with Crippen molar-refractivity contribution in [3.05, 3.63) is 48.2 Å². The minimum Gasteiger partial charge on any atom is -0.549 e.